The van der Waals surface area contributed by atoms with E-state index in [1.165, 1.54) is 30.2 Å². The topological polar surface area (TPSA) is 215 Å². The average molecular weight is 583 g/mol. The number of imidazole rings is 1. The van der Waals surface area contributed by atoms with Crippen molar-refractivity contribution in [2.45, 2.75) is 61.2 Å². The molecule has 4 rings (SSSR count). The molecule has 17 heteroatoms. The van der Waals surface area contributed by atoms with Crippen LogP contribution >= 0.6 is 19.4 Å². The maximum absolute atomic E-state index is 12.2. The number of carbonyl (C=O) groups is 1. The number of hydrogen-bond donors (Lipinski definition) is 3. The fourth-order valence-electron chi connectivity index (χ4n) is 3.87. The standard InChI is InChI=1S/C22H27N6O9PS/c1-12(2)36-21(29)35-9-16(38(32,33)34)37-22(8-13(22)3)10-27-11-24-17-18(27)25-20(23)26-19(17)39-15-6-4-14(5-7-15)28(30)31/h4-7,11-13,16H,8-10H2,1-3H3,(H2,23,25,26)(H2,32,33,34). The van der Waals surface area contributed by atoms with Gasteiger partial charge in [-0.2, -0.15) is 4.98 Å². The van der Waals surface area contributed by atoms with Gasteiger partial charge in [0.1, 0.15) is 17.1 Å². The zero-order valence-corrected chi connectivity index (χ0v) is 22.9. The number of nitrogen functional groups attached to an aromatic ring is 1. The van der Waals surface area contributed by atoms with Crippen molar-refractivity contribution >= 4 is 48.3 Å². The molecule has 4 N–H and O–H groups in total. The third-order valence-corrected chi connectivity index (χ3v) is 7.95. The Labute approximate surface area is 226 Å². The Hall–Kier alpha value is -3.30. The minimum Gasteiger partial charge on any atom is -0.432 e. The molecule has 0 saturated heterocycles. The van der Waals surface area contributed by atoms with Gasteiger partial charge in [0.2, 0.25) is 5.95 Å². The number of anilines is 1. The molecule has 1 aliphatic rings. The summed E-state index contributed by atoms with van der Waals surface area (Å²) < 4.78 is 29.5. The van der Waals surface area contributed by atoms with Crippen LogP contribution in [0.25, 0.3) is 11.2 Å². The first kappa shape index (κ1) is 28.7. The van der Waals surface area contributed by atoms with Crippen LogP contribution in [0.4, 0.5) is 16.4 Å². The van der Waals surface area contributed by atoms with Gasteiger partial charge in [-0.1, -0.05) is 18.7 Å². The molecule has 1 aliphatic carbocycles. The number of benzene rings is 1. The molecule has 1 fully saturated rings. The first-order valence-electron chi connectivity index (χ1n) is 11.7. The third kappa shape index (κ3) is 6.83. The van der Waals surface area contributed by atoms with E-state index in [1.807, 2.05) is 6.92 Å². The first-order chi connectivity index (χ1) is 18.3. The predicted molar refractivity (Wildman–Crippen MR) is 138 cm³/mol. The van der Waals surface area contributed by atoms with E-state index in [-0.39, 0.29) is 24.1 Å². The minimum absolute atomic E-state index is 0.0300. The predicted octanol–water partition coefficient (Wildman–Crippen LogP) is 3.33. The quantitative estimate of drug-likeness (QED) is 0.0972. The maximum atomic E-state index is 12.2. The van der Waals surface area contributed by atoms with E-state index in [2.05, 4.69) is 15.0 Å². The number of non-ortho nitro benzene ring substituents is 1. The molecule has 1 aromatic carbocycles. The van der Waals surface area contributed by atoms with Crippen molar-refractivity contribution in [3.8, 4) is 0 Å². The summed E-state index contributed by atoms with van der Waals surface area (Å²) in [5, 5.41) is 11.4. The fourth-order valence-corrected chi connectivity index (χ4v) is 5.37. The van der Waals surface area contributed by atoms with Crippen LogP contribution in [0.1, 0.15) is 27.2 Å². The summed E-state index contributed by atoms with van der Waals surface area (Å²) >= 11 is 1.20. The van der Waals surface area contributed by atoms with Crippen LogP contribution in [0.5, 0.6) is 0 Å². The molecule has 2 heterocycles. The van der Waals surface area contributed by atoms with Crippen molar-refractivity contribution in [3.05, 3.63) is 40.7 Å². The molecular weight excluding hydrogens is 555 g/mol. The van der Waals surface area contributed by atoms with Gasteiger partial charge in [-0.05, 0) is 38.3 Å². The van der Waals surface area contributed by atoms with Gasteiger partial charge in [0.15, 0.2) is 11.5 Å². The lowest BCUT2D eigenvalue weighted by Crippen LogP contribution is -2.33. The monoisotopic (exact) mass is 582 g/mol. The number of nitro groups is 1. The SMILES string of the molecule is CC(C)OC(=O)OCC(OC1(Cn2cnc3c(Sc4ccc([N+](=O)[O-])cc4)nc(N)nc32)CC1C)P(=O)(O)O. The number of aromatic nitrogens is 4. The van der Waals surface area contributed by atoms with Crippen LogP contribution in [0.15, 0.2) is 40.5 Å². The molecule has 3 aromatic rings. The Morgan fingerprint density at radius 1 is 1.33 bits per heavy atom. The number of nitrogens with zero attached hydrogens (tertiary/aromatic N) is 5. The highest BCUT2D eigenvalue weighted by Gasteiger charge is 2.56. The van der Waals surface area contributed by atoms with Crippen molar-refractivity contribution in [2.24, 2.45) is 5.92 Å². The Bertz CT molecular complexity index is 1430. The van der Waals surface area contributed by atoms with Crippen molar-refractivity contribution in [1.82, 2.24) is 19.5 Å². The second kappa shape index (κ2) is 11.1. The van der Waals surface area contributed by atoms with Gasteiger partial charge in [-0.25, -0.2) is 14.8 Å². The van der Waals surface area contributed by atoms with Gasteiger partial charge in [0.25, 0.3) is 5.69 Å². The van der Waals surface area contributed by atoms with E-state index in [0.717, 1.165) is 0 Å². The number of fused-ring (bicyclic) bond motifs is 1. The molecule has 0 amide bonds. The van der Waals surface area contributed by atoms with E-state index >= 15 is 0 Å². The number of carbonyl (C=O) groups excluding carboxylic acids is 1. The molecule has 0 bridgehead atoms. The van der Waals surface area contributed by atoms with Crippen LogP contribution in [0, 0.1) is 16.0 Å². The lowest BCUT2D eigenvalue weighted by atomic mass is 10.2. The van der Waals surface area contributed by atoms with Crippen molar-refractivity contribution in [1.29, 1.82) is 0 Å². The molecule has 3 unspecified atom stereocenters. The zero-order chi connectivity index (χ0) is 28.5. The summed E-state index contributed by atoms with van der Waals surface area (Å²) in [5.74, 6) is -1.82. The Kier molecular flexibility index (Phi) is 8.14. The van der Waals surface area contributed by atoms with Crippen LogP contribution in [-0.2, 0) is 25.3 Å². The normalized spacial score (nSPS) is 19.7. The number of hydrogen-bond acceptors (Lipinski definition) is 12. The smallest absolute Gasteiger partial charge is 0.432 e. The minimum atomic E-state index is -4.82. The summed E-state index contributed by atoms with van der Waals surface area (Å²) in [6, 6.07) is 5.92. The summed E-state index contributed by atoms with van der Waals surface area (Å²) in [7, 11) is -4.82. The van der Waals surface area contributed by atoms with Gasteiger partial charge < -0.3 is 34.3 Å². The third-order valence-electron chi connectivity index (χ3n) is 5.96. The van der Waals surface area contributed by atoms with E-state index in [9.17, 15) is 29.3 Å². The maximum Gasteiger partial charge on any atom is 0.508 e. The largest absolute Gasteiger partial charge is 0.508 e. The van der Waals surface area contributed by atoms with Crippen LogP contribution in [0.3, 0.4) is 0 Å². The number of nitrogens with two attached hydrogens (primary N) is 1. The van der Waals surface area contributed by atoms with Crippen molar-refractivity contribution < 1.29 is 38.3 Å². The van der Waals surface area contributed by atoms with Crippen LogP contribution in [-0.4, -0.2) is 64.5 Å². The zero-order valence-electron chi connectivity index (χ0n) is 21.2. The van der Waals surface area contributed by atoms with E-state index in [1.54, 1.807) is 30.5 Å². The second-order valence-corrected chi connectivity index (χ2v) is 12.2. The molecule has 0 aliphatic heterocycles. The van der Waals surface area contributed by atoms with Gasteiger partial charge in [-0.3, -0.25) is 14.7 Å². The summed E-state index contributed by atoms with van der Waals surface area (Å²) in [6.07, 6.45) is 0.451. The van der Waals surface area contributed by atoms with Crippen molar-refractivity contribution in [2.75, 3.05) is 12.3 Å². The summed E-state index contributed by atoms with van der Waals surface area (Å²) in [5.41, 5.74) is 5.71. The van der Waals surface area contributed by atoms with Crippen LogP contribution in [0.2, 0.25) is 0 Å². The van der Waals surface area contributed by atoms with E-state index in [4.69, 9.17) is 19.9 Å². The van der Waals surface area contributed by atoms with Gasteiger partial charge in [-0.15, -0.1) is 0 Å². The van der Waals surface area contributed by atoms with Crippen LogP contribution < -0.4 is 5.73 Å². The first-order valence-corrected chi connectivity index (χ1v) is 14.2. The molecular formula is C22H27N6O9PS. The molecule has 39 heavy (non-hydrogen) atoms. The molecule has 1 saturated carbocycles. The summed E-state index contributed by atoms with van der Waals surface area (Å²) in [6.45, 7) is 4.53. The molecule has 15 nitrogen and oxygen atoms in total. The van der Waals surface area contributed by atoms with Gasteiger partial charge in [0.05, 0.1) is 29.5 Å². The average Bonchev–Trinajstić information content (AvgIpc) is 3.27. The number of rotatable bonds is 11. The molecule has 0 radical (unpaired) electrons. The Morgan fingerprint density at radius 3 is 2.56 bits per heavy atom. The highest BCUT2D eigenvalue weighted by Crippen LogP contribution is 2.54. The lowest BCUT2D eigenvalue weighted by molar-refractivity contribution is -0.384. The highest BCUT2D eigenvalue weighted by atomic mass is 32.2. The molecule has 3 atom stereocenters. The molecule has 0 spiro atoms. The highest BCUT2D eigenvalue weighted by molar-refractivity contribution is 7.99. The van der Waals surface area contributed by atoms with E-state index in [0.29, 0.717) is 27.5 Å². The molecule has 210 valence electrons. The van der Waals surface area contributed by atoms with Gasteiger partial charge in [0, 0.05) is 17.0 Å². The second-order valence-electron chi connectivity index (χ2n) is 9.34. The van der Waals surface area contributed by atoms with Gasteiger partial charge >= 0.3 is 13.8 Å². The lowest BCUT2D eigenvalue weighted by Gasteiger charge is -2.26. The number of ether oxygens (including phenoxy) is 3. The van der Waals surface area contributed by atoms with Crippen molar-refractivity contribution in [3.63, 3.8) is 0 Å². The fraction of sp³-hybridized carbons (Fsp3) is 0.455. The van der Waals surface area contributed by atoms with E-state index < -0.39 is 42.8 Å². The molecule has 2 aromatic heterocycles. The Morgan fingerprint density at radius 2 is 2.00 bits per heavy atom. The summed E-state index contributed by atoms with van der Waals surface area (Å²) in [4.78, 5) is 55.6. The number of nitro benzene ring substituents is 1. The Balaban J connectivity index is 1.55.